The van der Waals surface area contributed by atoms with Crippen molar-refractivity contribution in [1.82, 2.24) is 18.6 Å². The average Bonchev–Trinajstić information content (AvgIpc) is 2.93. The molecule has 0 saturated heterocycles. The van der Waals surface area contributed by atoms with Crippen LogP contribution in [0.3, 0.4) is 0 Å². The quantitative estimate of drug-likeness (QED) is 0.843. The highest BCUT2D eigenvalue weighted by atomic mass is 32.2. The van der Waals surface area contributed by atoms with Gasteiger partial charge in [-0.15, -0.1) is 0 Å². The molecule has 1 N–H and O–H groups in total. The second-order valence-corrected chi connectivity index (χ2v) is 6.65. The zero-order valence-corrected chi connectivity index (χ0v) is 13.9. The molecule has 1 atom stereocenters. The van der Waals surface area contributed by atoms with Gasteiger partial charge in [0.05, 0.1) is 0 Å². The van der Waals surface area contributed by atoms with Gasteiger partial charge >= 0.3 is 0 Å². The molecular formula is C15H22N4O2S. The standard InChI is InChI=1S/C15H22N4O2S/c1-4-19(5-2)22(20,21)17-14(13-9-7-6-8-10-13)15-16-11-12-18(15)3/h6-12,14,17H,4-5H2,1-3H3/t14-/m0/s1. The molecule has 1 heterocycles. The second-order valence-electron chi connectivity index (χ2n) is 4.95. The Labute approximate surface area is 132 Å². The molecule has 6 nitrogen and oxygen atoms in total. The lowest BCUT2D eigenvalue weighted by atomic mass is 10.1. The molecule has 1 aromatic carbocycles. The van der Waals surface area contributed by atoms with Crippen LogP contribution in [0.25, 0.3) is 0 Å². The Morgan fingerprint density at radius 1 is 1.23 bits per heavy atom. The summed E-state index contributed by atoms with van der Waals surface area (Å²) in [6, 6.07) is 8.94. The van der Waals surface area contributed by atoms with Gasteiger partial charge in [-0.25, -0.2) is 4.98 Å². The zero-order valence-electron chi connectivity index (χ0n) is 13.1. The third-order valence-electron chi connectivity index (χ3n) is 3.56. The summed E-state index contributed by atoms with van der Waals surface area (Å²) in [6.07, 6.45) is 3.47. The number of hydrogen-bond donors (Lipinski definition) is 1. The molecular weight excluding hydrogens is 300 g/mol. The average molecular weight is 322 g/mol. The molecule has 0 amide bonds. The first-order valence-corrected chi connectivity index (χ1v) is 8.73. The fourth-order valence-electron chi connectivity index (χ4n) is 2.36. The van der Waals surface area contributed by atoms with Crippen LogP contribution in [0, 0.1) is 0 Å². The normalized spacial score (nSPS) is 13.5. The van der Waals surface area contributed by atoms with Crippen LogP contribution in [-0.2, 0) is 17.3 Å². The van der Waals surface area contributed by atoms with Gasteiger partial charge in [0.2, 0.25) is 0 Å². The number of aryl methyl sites for hydroxylation is 1. The van der Waals surface area contributed by atoms with Crippen LogP contribution in [-0.4, -0.2) is 35.4 Å². The number of imidazole rings is 1. The molecule has 0 radical (unpaired) electrons. The van der Waals surface area contributed by atoms with Crippen LogP contribution in [0.2, 0.25) is 0 Å². The fourth-order valence-corrected chi connectivity index (χ4v) is 3.73. The Morgan fingerprint density at radius 3 is 2.36 bits per heavy atom. The summed E-state index contributed by atoms with van der Waals surface area (Å²) in [6.45, 7) is 4.49. The summed E-state index contributed by atoms with van der Waals surface area (Å²) in [5, 5.41) is 0. The van der Waals surface area contributed by atoms with Crippen molar-refractivity contribution in [2.45, 2.75) is 19.9 Å². The van der Waals surface area contributed by atoms with Crippen LogP contribution in [0.15, 0.2) is 42.7 Å². The van der Waals surface area contributed by atoms with Crippen molar-refractivity contribution >= 4 is 10.2 Å². The largest absolute Gasteiger partial charge is 0.336 e. The van der Waals surface area contributed by atoms with Crippen LogP contribution in [0.1, 0.15) is 31.3 Å². The van der Waals surface area contributed by atoms with Gasteiger partial charge in [0, 0.05) is 32.5 Å². The van der Waals surface area contributed by atoms with E-state index in [0.29, 0.717) is 18.9 Å². The Kier molecular flexibility index (Phi) is 5.33. The van der Waals surface area contributed by atoms with Gasteiger partial charge in [0.15, 0.2) is 0 Å². The van der Waals surface area contributed by atoms with Crippen molar-refractivity contribution in [3.63, 3.8) is 0 Å². The van der Waals surface area contributed by atoms with Gasteiger partial charge in [-0.3, -0.25) is 0 Å². The van der Waals surface area contributed by atoms with E-state index in [1.54, 1.807) is 12.4 Å². The molecule has 0 spiro atoms. The minimum Gasteiger partial charge on any atom is -0.336 e. The maximum absolute atomic E-state index is 12.6. The van der Waals surface area contributed by atoms with Crippen molar-refractivity contribution in [2.75, 3.05) is 13.1 Å². The SMILES string of the molecule is CCN(CC)S(=O)(=O)N[C@@H](c1ccccc1)c1nccn1C. The van der Waals surface area contributed by atoms with E-state index in [0.717, 1.165) is 5.56 Å². The summed E-state index contributed by atoms with van der Waals surface area (Å²) in [5.74, 6) is 0.655. The molecule has 1 aromatic heterocycles. The number of rotatable bonds is 7. The smallest absolute Gasteiger partial charge is 0.280 e. The molecule has 0 aliphatic rings. The number of hydrogen-bond acceptors (Lipinski definition) is 3. The molecule has 22 heavy (non-hydrogen) atoms. The van der Waals surface area contributed by atoms with Crippen LogP contribution in [0.5, 0.6) is 0 Å². The van der Waals surface area contributed by atoms with Gasteiger partial charge in [0.1, 0.15) is 11.9 Å². The maximum Gasteiger partial charge on any atom is 0.280 e. The first kappa shape index (κ1) is 16.7. The van der Waals surface area contributed by atoms with Gasteiger partial charge in [-0.1, -0.05) is 44.2 Å². The molecule has 0 bridgehead atoms. The van der Waals surface area contributed by atoms with Crippen LogP contribution >= 0.6 is 0 Å². The molecule has 0 aliphatic carbocycles. The van der Waals surface area contributed by atoms with E-state index in [4.69, 9.17) is 0 Å². The van der Waals surface area contributed by atoms with Crippen molar-refractivity contribution in [3.05, 3.63) is 54.1 Å². The van der Waals surface area contributed by atoms with Crippen molar-refractivity contribution in [1.29, 1.82) is 0 Å². The first-order valence-electron chi connectivity index (χ1n) is 7.29. The molecule has 7 heteroatoms. The molecule has 2 aromatic rings. The van der Waals surface area contributed by atoms with Crippen LogP contribution < -0.4 is 4.72 Å². The third kappa shape index (κ3) is 3.55. The van der Waals surface area contributed by atoms with Gasteiger partial charge in [-0.05, 0) is 5.56 Å². The summed E-state index contributed by atoms with van der Waals surface area (Å²) in [5.41, 5.74) is 0.854. The van der Waals surface area contributed by atoms with Gasteiger partial charge in [-0.2, -0.15) is 17.4 Å². The molecule has 0 saturated carbocycles. The van der Waals surface area contributed by atoms with E-state index >= 15 is 0 Å². The van der Waals surface area contributed by atoms with Gasteiger partial charge < -0.3 is 4.57 Å². The van der Waals surface area contributed by atoms with Crippen molar-refractivity contribution in [2.24, 2.45) is 7.05 Å². The number of benzene rings is 1. The zero-order chi connectivity index (χ0) is 16.2. The van der Waals surface area contributed by atoms with Gasteiger partial charge in [0.25, 0.3) is 10.2 Å². The molecule has 0 fully saturated rings. The van der Waals surface area contributed by atoms with E-state index in [2.05, 4.69) is 9.71 Å². The van der Waals surface area contributed by atoms with Crippen LogP contribution in [0.4, 0.5) is 0 Å². The molecule has 0 aliphatic heterocycles. The van der Waals surface area contributed by atoms with E-state index < -0.39 is 16.3 Å². The highest BCUT2D eigenvalue weighted by molar-refractivity contribution is 7.87. The molecule has 120 valence electrons. The Morgan fingerprint density at radius 2 is 1.86 bits per heavy atom. The summed E-state index contributed by atoms with van der Waals surface area (Å²) in [4.78, 5) is 4.31. The highest BCUT2D eigenvalue weighted by Gasteiger charge is 2.27. The minimum atomic E-state index is -3.58. The van der Waals surface area contributed by atoms with E-state index in [-0.39, 0.29) is 0 Å². The predicted octanol–water partition coefficient (Wildman–Crippen LogP) is 1.69. The number of nitrogens with one attached hydrogen (secondary N) is 1. The molecule has 2 rings (SSSR count). The Bertz CT molecular complexity index is 693. The Hall–Kier alpha value is -1.70. The van der Waals surface area contributed by atoms with E-state index in [9.17, 15) is 8.42 Å². The van der Waals surface area contributed by atoms with Crippen molar-refractivity contribution in [3.8, 4) is 0 Å². The first-order chi connectivity index (χ1) is 10.5. The lowest BCUT2D eigenvalue weighted by molar-refractivity contribution is 0.428. The van der Waals surface area contributed by atoms with E-state index in [1.165, 1.54) is 4.31 Å². The lowest BCUT2D eigenvalue weighted by Gasteiger charge is -2.24. The summed E-state index contributed by atoms with van der Waals surface area (Å²) in [7, 11) is -1.73. The number of nitrogens with zero attached hydrogens (tertiary/aromatic N) is 3. The monoisotopic (exact) mass is 322 g/mol. The second kappa shape index (κ2) is 7.04. The van der Waals surface area contributed by atoms with Crippen molar-refractivity contribution < 1.29 is 8.42 Å². The fraction of sp³-hybridized carbons (Fsp3) is 0.400. The predicted molar refractivity (Wildman–Crippen MR) is 86.5 cm³/mol. The highest BCUT2D eigenvalue weighted by Crippen LogP contribution is 2.21. The minimum absolute atomic E-state index is 0.425. The maximum atomic E-state index is 12.6. The third-order valence-corrected chi connectivity index (χ3v) is 5.29. The summed E-state index contributed by atoms with van der Waals surface area (Å²) >= 11 is 0. The Balaban J connectivity index is 2.41. The number of aromatic nitrogens is 2. The lowest BCUT2D eigenvalue weighted by Crippen LogP contribution is -2.43. The topological polar surface area (TPSA) is 67.2 Å². The summed E-state index contributed by atoms with van der Waals surface area (Å²) < 4.78 is 31.1. The van der Waals surface area contributed by atoms with E-state index in [1.807, 2.05) is 55.8 Å². The molecule has 0 unspecified atom stereocenters.